The Morgan fingerprint density at radius 1 is 1.53 bits per heavy atom. The number of carboxylic acid groups (broad SMARTS) is 1. The van der Waals surface area contributed by atoms with Gasteiger partial charge in [0.05, 0.1) is 4.92 Å². The van der Waals surface area contributed by atoms with Gasteiger partial charge in [-0.2, -0.15) is 0 Å². The van der Waals surface area contributed by atoms with Crippen molar-refractivity contribution in [2.45, 2.75) is 0 Å². The first-order valence-corrected chi connectivity index (χ1v) is 4.65. The molecule has 0 aliphatic carbocycles. The van der Waals surface area contributed by atoms with Crippen LogP contribution in [0.15, 0.2) is 28.7 Å². The molecule has 6 heteroatoms. The van der Waals surface area contributed by atoms with Crippen LogP contribution >= 0.6 is 15.9 Å². The molecule has 0 unspecified atom stereocenters. The zero-order valence-electron chi connectivity index (χ0n) is 7.38. The smallest absolute Gasteiger partial charge is 0.328 e. The Morgan fingerprint density at radius 2 is 2.20 bits per heavy atom. The van der Waals surface area contributed by atoms with Gasteiger partial charge in [0.2, 0.25) is 0 Å². The summed E-state index contributed by atoms with van der Waals surface area (Å²) in [6.07, 6.45) is 2.21. The second-order valence-electron chi connectivity index (χ2n) is 2.63. The summed E-state index contributed by atoms with van der Waals surface area (Å²) in [6, 6.07) is 4.13. The maximum atomic E-state index is 10.5. The number of halogens is 1. The second kappa shape index (κ2) is 4.70. The van der Waals surface area contributed by atoms with Crippen molar-refractivity contribution >= 4 is 33.7 Å². The molecule has 0 radical (unpaired) electrons. The molecule has 1 rings (SSSR count). The standard InChI is InChI=1S/C9H6BrNO4/c10-8-3-2-7(11(14)15)5-6(8)1-4-9(12)13/h1-5H,(H,12,13). The van der Waals surface area contributed by atoms with Gasteiger partial charge in [0.25, 0.3) is 5.69 Å². The normalized spacial score (nSPS) is 10.5. The first kappa shape index (κ1) is 11.4. The number of nitro groups is 1. The van der Waals surface area contributed by atoms with Gasteiger partial charge in [-0.3, -0.25) is 10.1 Å². The van der Waals surface area contributed by atoms with Crippen molar-refractivity contribution in [2.75, 3.05) is 0 Å². The maximum Gasteiger partial charge on any atom is 0.328 e. The largest absolute Gasteiger partial charge is 0.478 e. The molecule has 0 fully saturated rings. The number of carboxylic acids is 1. The first-order chi connectivity index (χ1) is 7.00. The van der Waals surface area contributed by atoms with Gasteiger partial charge in [-0.1, -0.05) is 15.9 Å². The van der Waals surface area contributed by atoms with Gasteiger partial charge in [-0.25, -0.2) is 4.79 Å². The lowest BCUT2D eigenvalue weighted by Gasteiger charge is -1.97. The fraction of sp³-hybridized carbons (Fsp3) is 0. The maximum absolute atomic E-state index is 10.5. The van der Waals surface area contributed by atoms with Crippen LogP contribution in [0.3, 0.4) is 0 Å². The number of nitrogens with zero attached hydrogens (tertiary/aromatic N) is 1. The Kier molecular flexibility index (Phi) is 3.56. The van der Waals surface area contributed by atoms with Crippen LogP contribution < -0.4 is 0 Å². The van der Waals surface area contributed by atoms with E-state index in [0.29, 0.717) is 10.0 Å². The van der Waals surface area contributed by atoms with E-state index < -0.39 is 10.9 Å². The van der Waals surface area contributed by atoms with E-state index in [2.05, 4.69) is 15.9 Å². The minimum atomic E-state index is -1.10. The summed E-state index contributed by atoms with van der Waals surface area (Å²) >= 11 is 3.16. The van der Waals surface area contributed by atoms with Gasteiger partial charge in [0.15, 0.2) is 0 Å². The summed E-state index contributed by atoms with van der Waals surface area (Å²) < 4.78 is 0.602. The Balaban J connectivity index is 3.11. The van der Waals surface area contributed by atoms with Gasteiger partial charge in [-0.15, -0.1) is 0 Å². The highest BCUT2D eigenvalue weighted by atomic mass is 79.9. The molecule has 0 atom stereocenters. The van der Waals surface area contributed by atoms with Crippen molar-refractivity contribution in [3.8, 4) is 0 Å². The third kappa shape index (κ3) is 3.17. The Bertz CT molecular complexity index is 442. The van der Waals surface area contributed by atoms with Gasteiger partial charge in [-0.05, 0) is 17.7 Å². The molecular formula is C9H6BrNO4. The van der Waals surface area contributed by atoms with E-state index >= 15 is 0 Å². The molecule has 0 aromatic heterocycles. The molecule has 0 aliphatic heterocycles. The highest BCUT2D eigenvalue weighted by Crippen LogP contribution is 2.23. The monoisotopic (exact) mass is 271 g/mol. The molecule has 0 bridgehead atoms. The van der Waals surface area contributed by atoms with Crippen LogP contribution in [0.25, 0.3) is 6.08 Å². The van der Waals surface area contributed by atoms with E-state index in [4.69, 9.17) is 5.11 Å². The van der Waals surface area contributed by atoms with Crippen LogP contribution in [0.5, 0.6) is 0 Å². The molecule has 0 saturated carbocycles. The highest BCUT2D eigenvalue weighted by molar-refractivity contribution is 9.10. The number of carbonyl (C=O) groups is 1. The summed E-state index contributed by atoms with van der Waals surface area (Å²) in [6.45, 7) is 0. The summed E-state index contributed by atoms with van der Waals surface area (Å²) in [5.41, 5.74) is 0.370. The van der Waals surface area contributed by atoms with Gasteiger partial charge >= 0.3 is 5.97 Å². The SMILES string of the molecule is O=C(O)C=Cc1cc([N+](=O)[O-])ccc1Br. The van der Waals surface area contributed by atoms with Gasteiger partial charge < -0.3 is 5.11 Å². The van der Waals surface area contributed by atoms with E-state index in [0.717, 1.165) is 6.08 Å². The number of aliphatic carboxylic acids is 1. The van der Waals surface area contributed by atoms with Crippen molar-refractivity contribution in [2.24, 2.45) is 0 Å². The molecule has 1 aromatic rings. The molecular weight excluding hydrogens is 266 g/mol. The van der Waals surface area contributed by atoms with Crippen molar-refractivity contribution < 1.29 is 14.8 Å². The third-order valence-electron chi connectivity index (χ3n) is 1.60. The molecule has 0 aliphatic rings. The Hall–Kier alpha value is -1.69. The third-order valence-corrected chi connectivity index (χ3v) is 2.32. The topological polar surface area (TPSA) is 80.4 Å². The fourth-order valence-electron chi connectivity index (χ4n) is 0.933. The average molecular weight is 272 g/mol. The average Bonchev–Trinajstić information content (AvgIpc) is 2.16. The second-order valence-corrected chi connectivity index (χ2v) is 3.49. The number of non-ortho nitro benzene ring substituents is 1. The number of hydrogen-bond donors (Lipinski definition) is 1. The lowest BCUT2D eigenvalue weighted by atomic mass is 10.2. The van der Waals surface area contributed by atoms with Crippen LogP contribution in [-0.2, 0) is 4.79 Å². The molecule has 1 aromatic carbocycles. The number of rotatable bonds is 3. The van der Waals surface area contributed by atoms with E-state index in [1.807, 2.05) is 0 Å². The summed E-state index contributed by atoms with van der Waals surface area (Å²) in [4.78, 5) is 20.2. The van der Waals surface area contributed by atoms with E-state index in [-0.39, 0.29) is 5.69 Å². The highest BCUT2D eigenvalue weighted by Gasteiger charge is 2.07. The fourth-order valence-corrected chi connectivity index (χ4v) is 1.31. The number of nitro benzene ring substituents is 1. The predicted octanol–water partition coefficient (Wildman–Crippen LogP) is 2.46. The van der Waals surface area contributed by atoms with E-state index in [1.165, 1.54) is 24.3 Å². The molecule has 0 saturated heterocycles. The van der Waals surface area contributed by atoms with Crippen LogP contribution in [0.4, 0.5) is 5.69 Å². The Labute approximate surface area is 93.3 Å². The summed E-state index contributed by atoms with van der Waals surface area (Å²) in [5, 5.41) is 18.9. The quantitative estimate of drug-likeness (QED) is 0.520. The minimum absolute atomic E-state index is 0.0803. The molecule has 0 amide bonds. The molecule has 0 spiro atoms. The van der Waals surface area contributed by atoms with Crippen LogP contribution in [-0.4, -0.2) is 16.0 Å². The van der Waals surface area contributed by atoms with E-state index in [9.17, 15) is 14.9 Å². The number of hydrogen-bond acceptors (Lipinski definition) is 3. The van der Waals surface area contributed by atoms with E-state index in [1.54, 1.807) is 0 Å². The van der Waals surface area contributed by atoms with Crippen LogP contribution in [0.2, 0.25) is 0 Å². The molecule has 1 N–H and O–H groups in total. The van der Waals surface area contributed by atoms with Crippen molar-refractivity contribution in [3.63, 3.8) is 0 Å². The van der Waals surface area contributed by atoms with Crippen molar-refractivity contribution in [1.29, 1.82) is 0 Å². The predicted molar refractivity (Wildman–Crippen MR) is 57.5 cm³/mol. The summed E-state index contributed by atoms with van der Waals surface area (Å²) in [5.74, 6) is -1.10. The molecule has 78 valence electrons. The molecule has 15 heavy (non-hydrogen) atoms. The summed E-state index contributed by atoms with van der Waals surface area (Å²) in [7, 11) is 0. The lowest BCUT2D eigenvalue weighted by molar-refractivity contribution is -0.384. The van der Waals surface area contributed by atoms with Gasteiger partial charge in [0.1, 0.15) is 0 Å². The van der Waals surface area contributed by atoms with Crippen LogP contribution in [0.1, 0.15) is 5.56 Å². The minimum Gasteiger partial charge on any atom is -0.478 e. The number of benzene rings is 1. The zero-order chi connectivity index (χ0) is 11.4. The lowest BCUT2D eigenvalue weighted by Crippen LogP contribution is -1.90. The van der Waals surface area contributed by atoms with Crippen molar-refractivity contribution in [1.82, 2.24) is 0 Å². The van der Waals surface area contributed by atoms with Gasteiger partial charge in [0, 0.05) is 22.7 Å². The Morgan fingerprint density at radius 3 is 2.73 bits per heavy atom. The first-order valence-electron chi connectivity index (χ1n) is 3.85. The van der Waals surface area contributed by atoms with Crippen LogP contribution in [0, 0.1) is 10.1 Å². The zero-order valence-corrected chi connectivity index (χ0v) is 8.97. The van der Waals surface area contributed by atoms with Crippen molar-refractivity contribution in [3.05, 3.63) is 44.4 Å². The molecule has 5 nitrogen and oxygen atoms in total. The molecule has 0 heterocycles.